The summed E-state index contributed by atoms with van der Waals surface area (Å²) in [7, 11) is 0. The van der Waals surface area contributed by atoms with Gasteiger partial charge >= 0.3 is 0 Å². The zero-order valence-corrected chi connectivity index (χ0v) is 16.3. The molecule has 0 saturated carbocycles. The van der Waals surface area contributed by atoms with Crippen LogP contribution >= 0.6 is 0 Å². The van der Waals surface area contributed by atoms with Crippen LogP contribution in [-0.4, -0.2) is 27.0 Å². The SMILES string of the molecule is C=CC(=O)Nc1ccc2nccc(Oc3ccc(C(=O)Nc4cccnn4)cc3)c2c1. The molecule has 2 aromatic heterocycles. The van der Waals surface area contributed by atoms with E-state index in [-0.39, 0.29) is 11.8 Å². The number of carbonyl (C=O) groups is 2. The number of aromatic nitrogens is 3. The number of hydrogen-bond acceptors (Lipinski definition) is 6. The Morgan fingerprint density at radius 3 is 2.55 bits per heavy atom. The summed E-state index contributed by atoms with van der Waals surface area (Å²) in [5, 5.41) is 13.7. The number of nitrogens with one attached hydrogen (secondary N) is 2. The second kappa shape index (κ2) is 8.83. The third-order valence-electron chi connectivity index (χ3n) is 4.31. The number of fused-ring (bicyclic) bond motifs is 1. The molecule has 0 aliphatic heterocycles. The normalized spacial score (nSPS) is 10.3. The molecule has 2 aromatic carbocycles. The lowest BCUT2D eigenvalue weighted by atomic mass is 10.1. The van der Waals surface area contributed by atoms with Crippen molar-refractivity contribution >= 4 is 34.2 Å². The average molecular weight is 411 g/mol. The Labute approximate surface area is 177 Å². The second-order valence-corrected chi connectivity index (χ2v) is 6.42. The number of anilines is 2. The molecule has 4 aromatic rings. The lowest BCUT2D eigenvalue weighted by Gasteiger charge is -2.11. The van der Waals surface area contributed by atoms with Gasteiger partial charge in [-0.1, -0.05) is 6.58 Å². The van der Waals surface area contributed by atoms with Crippen LogP contribution in [0.5, 0.6) is 11.5 Å². The van der Waals surface area contributed by atoms with Crippen LogP contribution < -0.4 is 15.4 Å². The van der Waals surface area contributed by atoms with Crippen molar-refractivity contribution < 1.29 is 14.3 Å². The van der Waals surface area contributed by atoms with E-state index >= 15 is 0 Å². The molecule has 8 heteroatoms. The van der Waals surface area contributed by atoms with Crippen LogP contribution in [0.4, 0.5) is 11.5 Å². The minimum atomic E-state index is -0.305. The first-order valence-electron chi connectivity index (χ1n) is 9.31. The summed E-state index contributed by atoms with van der Waals surface area (Å²) in [6.07, 6.45) is 4.37. The first-order chi connectivity index (χ1) is 15.1. The van der Waals surface area contributed by atoms with Gasteiger partial charge < -0.3 is 15.4 Å². The van der Waals surface area contributed by atoms with Gasteiger partial charge in [-0.25, -0.2) is 0 Å². The van der Waals surface area contributed by atoms with Gasteiger partial charge in [0.25, 0.3) is 5.91 Å². The van der Waals surface area contributed by atoms with Gasteiger partial charge in [-0.05, 0) is 66.7 Å². The third-order valence-corrected chi connectivity index (χ3v) is 4.31. The summed E-state index contributed by atoms with van der Waals surface area (Å²) in [6.45, 7) is 3.45. The summed E-state index contributed by atoms with van der Waals surface area (Å²) in [4.78, 5) is 28.2. The summed E-state index contributed by atoms with van der Waals surface area (Å²) < 4.78 is 6.00. The van der Waals surface area contributed by atoms with Crippen LogP contribution in [-0.2, 0) is 4.79 Å². The average Bonchev–Trinajstić information content (AvgIpc) is 2.80. The molecule has 0 radical (unpaired) electrons. The molecule has 0 saturated heterocycles. The van der Waals surface area contributed by atoms with Gasteiger partial charge in [-0.15, -0.1) is 5.10 Å². The first kappa shape index (κ1) is 19.7. The summed E-state index contributed by atoms with van der Waals surface area (Å²) in [5.41, 5.74) is 1.77. The number of pyridine rings is 1. The lowest BCUT2D eigenvalue weighted by Crippen LogP contribution is -2.13. The van der Waals surface area contributed by atoms with Crippen molar-refractivity contribution in [2.45, 2.75) is 0 Å². The Bertz CT molecular complexity index is 1260. The highest BCUT2D eigenvalue weighted by Gasteiger charge is 2.10. The number of hydrogen-bond donors (Lipinski definition) is 2. The van der Waals surface area contributed by atoms with Gasteiger partial charge in [-0.3, -0.25) is 14.6 Å². The fourth-order valence-corrected chi connectivity index (χ4v) is 2.84. The Morgan fingerprint density at radius 2 is 1.81 bits per heavy atom. The Hall–Kier alpha value is -4.59. The van der Waals surface area contributed by atoms with Crippen molar-refractivity contribution in [2.75, 3.05) is 10.6 Å². The molecule has 8 nitrogen and oxygen atoms in total. The van der Waals surface area contributed by atoms with E-state index in [2.05, 4.69) is 32.4 Å². The van der Waals surface area contributed by atoms with E-state index in [4.69, 9.17) is 4.74 Å². The summed E-state index contributed by atoms with van der Waals surface area (Å²) in [6, 6.07) is 17.1. The van der Waals surface area contributed by atoms with Gasteiger partial charge in [0.15, 0.2) is 5.82 Å². The number of carbonyl (C=O) groups excluding carboxylic acids is 2. The standard InChI is InChI=1S/C23H17N5O3/c1-2-22(29)26-16-7-10-19-18(14-16)20(11-13-24-19)31-17-8-5-15(6-9-17)23(30)27-21-4-3-12-25-28-21/h2-14H,1H2,(H,26,29)(H,27,28,30). The zero-order valence-electron chi connectivity index (χ0n) is 16.3. The van der Waals surface area contributed by atoms with Crippen molar-refractivity contribution in [1.82, 2.24) is 15.2 Å². The molecule has 2 amide bonds. The van der Waals surface area contributed by atoms with E-state index < -0.39 is 0 Å². The maximum absolute atomic E-state index is 12.3. The molecule has 0 spiro atoms. The molecule has 0 atom stereocenters. The van der Waals surface area contributed by atoms with Gasteiger partial charge in [0.05, 0.1) is 5.52 Å². The molecular formula is C23H17N5O3. The smallest absolute Gasteiger partial charge is 0.256 e. The number of rotatable bonds is 6. The van der Waals surface area contributed by atoms with E-state index in [1.54, 1.807) is 66.9 Å². The molecule has 2 N–H and O–H groups in total. The van der Waals surface area contributed by atoms with Crippen molar-refractivity contribution in [3.63, 3.8) is 0 Å². The Morgan fingerprint density at radius 1 is 0.968 bits per heavy atom. The van der Waals surface area contributed by atoms with Crippen molar-refractivity contribution in [3.8, 4) is 11.5 Å². The monoisotopic (exact) mass is 411 g/mol. The maximum Gasteiger partial charge on any atom is 0.256 e. The maximum atomic E-state index is 12.3. The van der Waals surface area contributed by atoms with Gasteiger partial charge in [0.1, 0.15) is 11.5 Å². The van der Waals surface area contributed by atoms with Gasteiger partial charge in [0, 0.05) is 29.0 Å². The van der Waals surface area contributed by atoms with Crippen LogP contribution in [0.2, 0.25) is 0 Å². The van der Waals surface area contributed by atoms with Crippen LogP contribution in [0.3, 0.4) is 0 Å². The van der Waals surface area contributed by atoms with Gasteiger partial charge in [-0.2, -0.15) is 5.10 Å². The predicted molar refractivity (Wildman–Crippen MR) is 117 cm³/mol. The lowest BCUT2D eigenvalue weighted by molar-refractivity contribution is -0.111. The molecule has 31 heavy (non-hydrogen) atoms. The molecule has 2 heterocycles. The predicted octanol–water partition coefficient (Wildman–Crippen LogP) is 4.19. The fourth-order valence-electron chi connectivity index (χ4n) is 2.84. The number of nitrogens with zero attached hydrogens (tertiary/aromatic N) is 3. The molecule has 0 fully saturated rings. The van der Waals surface area contributed by atoms with Crippen molar-refractivity contribution in [1.29, 1.82) is 0 Å². The largest absolute Gasteiger partial charge is 0.457 e. The molecule has 0 unspecified atom stereocenters. The van der Waals surface area contributed by atoms with E-state index in [1.807, 2.05) is 0 Å². The Balaban J connectivity index is 1.53. The quantitative estimate of drug-likeness (QED) is 0.461. The minimum absolute atomic E-state index is 0.302. The minimum Gasteiger partial charge on any atom is -0.457 e. The first-order valence-corrected chi connectivity index (χ1v) is 9.31. The molecular weight excluding hydrogens is 394 g/mol. The topological polar surface area (TPSA) is 106 Å². The van der Waals surface area contributed by atoms with E-state index in [9.17, 15) is 9.59 Å². The second-order valence-electron chi connectivity index (χ2n) is 6.42. The summed E-state index contributed by atoms with van der Waals surface area (Å²) >= 11 is 0. The molecule has 0 aliphatic carbocycles. The Kier molecular flexibility index (Phi) is 5.62. The van der Waals surface area contributed by atoms with Crippen LogP contribution in [0.25, 0.3) is 10.9 Å². The fraction of sp³-hybridized carbons (Fsp3) is 0. The highest BCUT2D eigenvalue weighted by Crippen LogP contribution is 2.31. The molecule has 0 bridgehead atoms. The highest BCUT2D eigenvalue weighted by molar-refractivity contribution is 6.03. The van der Waals surface area contributed by atoms with Crippen LogP contribution in [0.15, 0.2) is 85.7 Å². The van der Waals surface area contributed by atoms with E-state index in [0.717, 1.165) is 5.39 Å². The summed E-state index contributed by atoms with van der Waals surface area (Å²) in [5.74, 6) is 0.876. The van der Waals surface area contributed by atoms with Crippen molar-refractivity contribution in [2.24, 2.45) is 0 Å². The molecule has 4 rings (SSSR count). The number of ether oxygens (including phenoxy) is 1. The molecule has 152 valence electrons. The van der Waals surface area contributed by atoms with Crippen LogP contribution in [0.1, 0.15) is 10.4 Å². The van der Waals surface area contributed by atoms with E-state index in [0.29, 0.717) is 34.1 Å². The number of amides is 2. The zero-order chi connectivity index (χ0) is 21.6. The van der Waals surface area contributed by atoms with Crippen molar-refractivity contribution in [3.05, 3.63) is 91.3 Å². The van der Waals surface area contributed by atoms with Crippen LogP contribution in [0, 0.1) is 0 Å². The number of benzene rings is 2. The molecule has 0 aliphatic rings. The highest BCUT2D eigenvalue weighted by atomic mass is 16.5. The third kappa shape index (κ3) is 4.70. The van der Waals surface area contributed by atoms with Gasteiger partial charge in [0.2, 0.25) is 5.91 Å². The van der Waals surface area contributed by atoms with E-state index in [1.165, 1.54) is 12.3 Å².